The standard InChI is InChI=1S/C9H18O4S/c1-3-4-5-6-7-8-9(10)13-14(2,11)12/h3-8H2,1-2H3. The minimum atomic E-state index is -3.62. The van der Waals surface area contributed by atoms with Crippen molar-refractivity contribution in [3.63, 3.8) is 0 Å². The monoisotopic (exact) mass is 222 g/mol. The lowest BCUT2D eigenvalue weighted by Gasteiger charge is -2.01. The second kappa shape index (κ2) is 6.81. The molecule has 0 unspecified atom stereocenters. The van der Waals surface area contributed by atoms with Crippen molar-refractivity contribution in [3.8, 4) is 0 Å². The molecule has 0 aliphatic carbocycles. The van der Waals surface area contributed by atoms with Crippen molar-refractivity contribution in [3.05, 3.63) is 0 Å². The molecule has 0 saturated heterocycles. The summed E-state index contributed by atoms with van der Waals surface area (Å²) in [4.78, 5) is 10.9. The van der Waals surface area contributed by atoms with Crippen LogP contribution < -0.4 is 0 Å². The average molecular weight is 222 g/mol. The van der Waals surface area contributed by atoms with Crippen molar-refractivity contribution in [2.75, 3.05) is 6.26 Å². The lowest BCUT2D eigenvalue weighted by molar-refractivity contribution is -0.133. The van der Waals surface area contributed by atoms with Gasteiger partial charge in [-0.25, -0.2) is 0 Å². The van der Waals surface area contributed by atoms with Crippen LogP contribution in [-0.4, -0.2) is 20.6 Å². The van der Waals surface area contributed by atoms with Crippen LogP contribution in [-0.2, 0) is 19.1 Å². The molecule has 0 amide bonds. The number of carbonyl (C=O) groups is 1. The molecule has 0 radical (unpaired) electrons. The SMILES string of the molecule is CCCCCCCC(=O)OS(C)(=O)=O. The van der Waals surface area contributed by atoms with Gasteiger partial charge in [0.2, 0.25) is 0 Å². The maximum Gasteiger partial charge on any atom is 0.322 e. The molecule has 0 spiro atoms. The minimum absolute atomic E-state index is 0.191. The maximum atomic E-state index is 10.9. The minimum Gasteiger partial charge on any atom is -0.346 e. The van der Waals surface area contributed by atoms with E-state index in [1.165, 1.54) is 0 Å². The van der Waals surface area contributed by atoms with Gasteiger partial charge in [0, 0.05) is 6.42 Å². The first-order chi connectivity index (χ1) is 6.45. The van der Waals surface area contributed by atoms with Gasteiger partial charge in [0.25, 0.3) is 0 Å². The lowest BCUT2D eigenvalue weighted by Crippen LogP contribution is -2.10. The molecule has 0 aliphatic heterocycles. The summed E-state index contributed by atoms with van der Waals surface area (Å²) in [5.41, 5.74) is 0. The second-order valence-electron chi connectivity index (χ2n) is 3.32. The third-order valence-corrected chi connectivity index (χ3v) is 2.22. The number of rotatable bonds is 7. The Balaban J connectivity index is 3.46. The van der Waals surface area contributed by atoms with Gasteiger partial charge in [-0.3, -0.25) is 4.79 Å². The van der Waals surface area contributed by atoms with Gasteiger partial charge in [-0.2, -0.15) is 8.42 Å². The Hall–Kier alpha value is -0.580. The first-order valence-electron chi connectivity index (χ1n) is 4.88. The lowest BCUT2D eigenvalue weighted by atomic mass is 10.1. The zero-order chi connectivity index (χ0) is 11.0. The van der Waals surface area contributed by atoms with E-state index in [2.05, 4.69) is 11.1 Å². The van der Waals surface area contributed by atoms with Crippen LogP contribution in [0.25, 0.3) is 0 Å². The van der Waals surface area contributed by atoms with Gasteiger partial charge in [0.1, 0.15) is 0 Å². The summed E-state index contributed by atoms with van der Waals surface area (Å²) in [7, 11) is -3.62. The molecular weight excluding hydrogens is 204 g/mol. The molecule has 0 aliphatic rings. The van der Waals surface area contributed by atoms with Gasteiger partial charge in [-0.1, -0.05) is 32.6 Å². The van der Waals surface area contributed by atoms with Gasteiger partial charge in [-0.15, -0.1) is 0 Å². The summed E-state index contributed by atoms with van der Waals surface area (Å²) in [6, 6.07) is 0. The Morgan fingerprint density at radius 1 is 1.14 bits per heavy atom. The Kier molecular flexibility index (Phi) is 6.53. The largest absolute Gasteiger partial charge is 0.346 e. The number of hydrogen-bond donors (Lipinski definition) is 0. The van der Waals surface area contributed by atoms with E-state index >= 15 is 0 Å². The van der Waals surface area contributed by atoms with Crippen molar-refractivity contribution in [1.82, 2.24) is 0 Å². The number of unbranched alkanes of at least 4 members (excludes halogenated alkanes) is 4. The van der Waals surface area contributed by atoms with E-state index in [1.54, 1.807) is 0 Å². The molecule has 0 bridgehead atoms. The molecule has 0 saturated carbocycles. The highest BCUT2D eigenvalue weighted by Gasteiger charge is 2.09. The molecule has 0 aromatic heterocycles. The molecule has 0 rings (SSSR count). The van der Waals surface area contributed by atoms with Gasteiger partial charge in [0.15, 0.2) is 0 Å². The average Bonchev–Trinajstić information content (AvgIpc) is 2.00. The quantitative estimate of drug-likeness (QED) is 0.487. The second-order valence-corrected chi connectivity index (χ2v) is 4.90. The zero-order valence-electron chi connectivity index (χ0n) is 8.78. The molecule has 14 heavy (non-hydrogen) atoms. The smallest absolute Gasteiger partial charge is 0.322 e. The third-order valence-electron chi connectivity index (χ3n) is 1.73. The van der Waals surface area contributed by atoms with Crippen LogP contribution >= 0.6 is 0 Å². The summed E-state index contributed by atoms with van der Waals surface area (Å²) in [6.45, 7) is 2.11. The molecule has 4 nitrogen and oxygen atoms in total. The summed E-state index contributed by atoms with van der Waals surface area (Å²) in [5.74, 6) is -0.649. The van der Waals surface area contributed by atoms with Crippen LogP contribution in [0.3, 0.4) is 0 Å². The molecule has 0 heterocycles. The highest BCUT2D eigenvalue weighted by Crippen LogP contribution is 2.06. The van der Waals surface area contributed by atoms with Crippen LogP contribution in [0.4, 0.5) is 0 Å². The van der Waals surface area contributed by atoms with Crippen LogP contribution in [0.15, 0.2) is 0 Å². The molecule has 0 fully saturated rings. The topological polar surface area (TPSA) is 60.4 Å². The fourth-order valence-corrected chi connectivity index (χ4v) is 1.50. The van der Waals surface area contributed by atoms with Crippen LogP contribution in [0.2, 0.25) is 0 Å². The predicted molar refractivity (Wildman–Crippen MR) is 54.3 cm³/mol. The Bertz CT molecular complexity index is 256. The fraction of sp³-hybridized carbons (Fsp3) is 0.889. The Morgan fingerprint density at radius 2 is 1.71 bits per heavy atom. The van der Waals surface area contributed by atoms with Crippen molar-refractivity contribution in [2.24, 2.45) is 0 Å². The van der Waals surface area contributed by atoms with E-state index in [0.29, 0.717) is 6.42 Å². The van der Waals surface area contributed by atoms with E-state index in [1.807, 2.05) is 0 Å². The van der Waals surface area contributed by atoms with Crippen molar-refractivity contribution < 1.29 is 17.4 Å². The van der Waals surface area contributed by atoms with Gasteiger partial charge < -0.3 is 4.18 Å². The third kappa shape index (κ3) is 9.51. The van der Waals surface area contributed by atoms with Crippen molar-refractivity contribution >= 4 is 16.1 Å². The number of hydrogen-bond acceptors (Lipinski definition) is 4. The predicted octanol–water partition coefficient (Wildman–Crippen LogP) is 1.85. The van der Waals surface area contributed by atoms with Crippen molar-refractivity contribution in [1.29, 1.82) is 0 Å². The van der Waals surface area contributed by atoms with E-state index in [9.17, 15) is 13.2 Å². The molecular formula is C9H18O4S. The van der Waals surface area contributed by atoms with E-state index in [4.69, 9.17) is 0 Å². The molecule has 0 aromatic rings. The summed E-state index contributed by atoms with van der Waals surface area (Å²) < 4.78 is 25.2. The van der Waals surface area contributed by atoms with Crippen LogP contribution in [0.1, 0.15) is 45.4 Å². The fourth-order valence-electron chi connectivity index (χ4n) is 1.08. The zero-order valence-corrected chi connectivity index (χ0v) is 9.60. The first kappa shape index (κ1) is 13.4. The highest BCUT2D eigenvalue weighted by molar-refractivity contribution is 7.86. The van der Waals surface area contributed by atoms with Crippen LogP contribution in [0, 0.1) is 0 Å². The number of carbonyl (C=O) groups excluding carboxylic acids is 1. The van der Waals surface area contributed by atoms with E-state index < -0.39 is 16.1 Å². The summed E-state index contributed by atoms with van der Waals surface area (Å²) in [6.07, 6.45) is 6.11. The Morgan fingerprint density at radius 3 is 2.21 bits per heavy atom. The van der Waals surface area contributed by atoms with E-state index in [0.717, 1.165) is 31.9 Å². The molecule has 84 valence electrons. The Labute approximate surface area is 85.8 Å². The summed E-state index contributed by atoms with van der Waals surface area (Å²) >= 11 is 0. The van der Waals surface area contributed by atoms with Gasteiger partial charge in [0.05, 0.1) is 6.26 Å². The molecule has 0 N–H and O–H groups in total. The highest BCUT2D eigenvalue weighted by atomic mass is 32.2. The van der Waals surface area contributed by atoms with Crippen molar-refractivity contribution in [2.45, 2.75) is 45.4 Å². The van der Waals surface area contributed by atoms with Crippen LogP contribution in [0.5, 0.6) is 0 Å². The van der Waals surface area contributed by atoms with Gasteiger partial charge in [-0.05, 0) is 6.42 Å². The normalized spacial score (nSPS) is 11.3. The summed E-state index contributed by atoms with van der Waals surface area (Å²) in [5, 5.41) is 0. The maximum absolute atomic E-state index is 10.9. The molecule has 0 atom stereocenters. The first-order valence-corrected chi connectivity index (χ1v) is 6.69. The molecule has 0 aromatic carbocycles. The van der Waals surface area contributed by atoms with E-state index in [-0.39, 0.29) is 6.42 Å². The van der Waals surface area contributed by atoms with Gasteiger partial charge >= 0.3 is 16.1 Å². The molecule has 5 heteroatoms.